The lowest BCUT2D eigenvalue weighted by Crippen LogP contribution is -2.30. The topological polar surface area (TPSA) is 50.4 Å². The van der Waals surface area contributed by atoms with Crippen LogP contribution in [0.25, 0.3) is 0 Å². The Labute approximate surface area is 121 Å². The summed E-state index contributed by atoms with van der Waals surface area (Å²) in [7, 11) is 0. The van der Waals surface area contributed by atoms with Crippen LogP contribution in [-0.2, 0) is 16.1 Å². The van der Waals surface area contributed by atoms with Gasteiger partial charge in [-0.05, 0) is 31.5 Å². The van der Waals surface area contributed by atoms with Crippen molar-refractivity contribution in [1.82, 2.24) is 5.32 Å². The van der Waals surface area contributed by atoms with Crippen molar-refractivity contribution in [2.75, 3.05) is 18.5 Å². The minimum atomic E-state index is -4.89. The second-order valence-electron chi connectivity index (χ2n) is 4.75. The summed E-state index contributed by atoms with van der Waals surface area (Å²) in [5.41, 5.74) is 0.898. The van der Waals surface area contributed by atoms with E-state index in [4.69, 9.17) is 4.74 Å². The number of carbonyl (C=O) groups is 1. The quantitative estimate of drug-likeness (QED) is 0.762. The van der Waals surface area contributed by atoms with Crippen molar-refractivity contribution >= 4 is 11.6 Å². The minimum absolute atomic E-state index is 0.120. The molecule has 0 unspecified atom stereocenters. The van der Waals surface area contributed by atoms with Crippen molar-refractivity contribution in [2.45, 2.75) is 32.7 Å². The number of benzene rings is 1. The molecule has 0 heterocycles. The van der Waals surface area contributed by atoms with Gasteiger partial charge in [0, 0.05) is 18.8 Å². The summed E-state index contributed by atoms with van der Waals surface area (Å²) in [6.45, 7) is 5.55. The third kappa shape index (κ3) is 7.10. The molecule has 0 aromatic heterocycles. The molecule has 0 aliphatic rings. The SMILES string of the molecule is CC(C)OCCNCc1cccc(NC(=O)C(F)(F)F)c1. The molecule has 0 saturated heterocycles. The lowest BCUT2D eigenvalue weighted by Gasteiger charge is -2.11. The van der Waals surface area contributed by atoms with Crippen molar-refractivity contribution < 1.29 is 22.7 Å². The van der Waals surface area contributed by atoms with Gasteiger partial charge in [0.05, 0.1) is 12.7 Å². The molecule has 1 aromatic carbocycles. The van der Waals surface area contributed by atoms with E-state index >= 15 is 0 Å². The first kappa shape index (κ1) is 17.5. The maximum absolute atomic E-state index is 12.1. The highest BCUT2D eigenvalue weighted by Gasteiger charge is 2.38. The number of halogens is 3. The van der Waals surface area contributed by atoms with Crippen molar-refractivity contribution in [3.63, 3.8) is 0 Å². The first-order chi connectivity index (χ1) is 9.79. The number of rotatable bonds is 7. The normalized spacial score (nSPS) is 11.7. The van der Waals surface area contributed by atoms with Gasteiger partial charge < -0.3 is 15.4 Å². The Morgan fingerprint density at radius 1 is 1.33 bits per heavy atom. The molecule has 4 nitrogen and oxygen atoms in total. The van der Waals surface area contributed by atoms with E-state index in [1.807, 2.05) is 19.2 Å². The average Bonchev–Trinajstić information content (AvgIpc) is 2.37. The standard InChI is InChI=1S/C14H19F3N2O2/c1-10(2)21-7-6-18-9-11-4-3-5-12(8-11)19-13(20)14(15,16)17/h3-5,8,10,18H,6-7,9H2,1-2H3,(H,19,20). The second-order valence-corrected chi connectivity index (χ2v) is 4.75. The Kier molecular flexibility index (Phi) is 6.64. The van der Waals surface area contributed by atoms with Gasteiger partial charge in [0.25, 0.3) is 0 Å². The minimum Gasteiger partial charge on any atom is -0.377 e. The van der Waals surface area contributed by atoms with Gasteiger partial charge in [0.15, 0.2) is 0 Å². The van der Waals surface area contributed by atoms with E-state index in [2.05, 4.69) is 5.32 Å². The van der Waals surface area contributed by atoms with Crippen molar-refractivity contribution in [1.29, 1.82) is 0 Å². The highest BCUT2D eigenvalue weighted by molar-refractivity contribution is 5.94. The number of ether oxygens (including phenoxy) is 1. The maximum Gasteiger partial charge on any atom is 0.471 e. The summed E-state index contributed by atoms with van der Waals surface area (Å²) in [5.74, 6) is -1.97. The van der Waals surface area contributed by atoms with E-state index in [9.17, 15) is 18.0 Å². The predicted molar refractivity (Wildman–Crippen MR) is 73.9 cm³/mol. The van der Waals surface area contributed by atoms with Gasteiger partial charge in [0.1, 0.15) is 0 Å². The fourth-order valence-electron chi connectivity index (χ4n) is 1.56. The number of alkyl halides is 3. The fourth-order valence-corrected chi connectivity index (χ4v) is 1.56. The molecule has 0 saturated carbocycles. The molecule has 1 aromatic rings. The molecule has 0 spiro atoms. The fraction of sp³-hybridized carbons (Fsp3) is 0.500. The predicted octanol–water partition coefficient (Wildman–Crippen LogP) is 2.70. The molecule has 0 aliphatic heterocycles. The number of nitrogens with one attached hydrogen (secondary N) is 2. The summed E-state index contributed by atoms with van der Waals surface area (Å²) in [5, 5.41) is 4.93. The molecular formula is C14H19F3N2O2. The first-order valence-corrected chi connectivity index (χ1v) is 6.58. The summed E-state index contributed by atoms with van der Waals surface area (Å²) >= 11 is 0. The van der Waals surface area contributed by atoms with Crippen LogP contribution in [0.2, 0.25) is 0 Å². The zero-order valence-electron chi connectivity index (χ0n) is 12.0. The van der Waals surface area contributed by atoms with E-state index in [0.717, 1.165) is 5.56 Å². The third-order valence-corrected chi connectivity index (χ3v) is 2.50. The zero-order chi connectivity index (χ0) is 15.9. The molecule has 0 bridgehead atoms. The van der Waals surface area contributed by atoms with Gasteiger partial charge >= 0.3 is 12.1 Å². The second kappa shape index (κ2) is 7.99. The highest BCUT2D eigenvalue weighted by atomic mass is 19.4. The maximum atomic E-state index is 12.1. The lowest BCUT2D eigenvalue weighted by atomic mass is 10.2. The summed E-state index contributed by atoms with van der Waals surface area (Å²) in [4.78, 5) is 10.8. The number of amides is 1. The zero-order valence-corrected chi connectivity index (χ0v) is 12.0. The van der Waals surface area contributed by atoms with Gasteiger partial charge in [-0.1, -0.05) is 12.1 Å². The first-order valence-electron chi connectivity index (χ1n) is 6.58. The molecule has 0 fully saturated rings. The Morgan fingerprint density at radius 2 is 2.05 bits per heavy atom. The number of carbonyl (C=O) groups excluding carboxylic acids is 1. The Bertz CT molecular complexity index is 462. The van der Waals surface area contributed by atoms with Gasteiger partial charge in [-0.3, -0.25) is 4.79 Å². The van der Waals surface area contributed by atoms with Crippen LogP contribution < -0.4 is 10.6 Å². The largest absolute Gasteiger partial charge is 0.471 e. The smallest absolute Gasteiger partial charge is 0.377 e. The Morgan fingerprint density at radius 3 is 2.67 bits per heavy atom. The highest BCUT2D eigenvalue weighted by Crippen LogP contribution is 2.18. The van der Waals surface area contributed by atoms with Crippen LogP contribution in [0.15, 0.2) is 24.3 Å². The van der Waals surface area contributed by atoms with Gasteiger partial charge in [-0.25, -0.2) is 0 Å². The summed E-state index contributed by atoms with van der Waals surface area (Å²) in [6, 6.07) is 6.27. The van der Waals surface area contributed by atoms with Crippen LogP contribution in [0.5, 0.6) is 0 Å². The van der Waals surface area contributed by atoms with Crippen LogP contribution in [0.3, 0.4) is 0 Å². The molecule has 7 heteroatoms. The average molecular weight is 304 g/mol. The summed E-state index contributed by atoms with van der Waals surface area (Å²) in [6.07, 6.45) is -4.73. The van der Waals surface area contributed by atoms with Crippen LogP contribution in [0, 0.1) is 0 Å². The Hall–Kier alpha value is -1.60. The summed E-state index contributed by atoms with van der Waals surface area (Å²) < 4.78 is 41.8. The van der Waals surface area contributed by atoms with Crippen molar-refractivity contribution in [3.8, 4) is 0 Å². The number of hydrogen-bond acceptors (Lipinski definition) is 3. The van der Waals surface area contributed by atoms with E-state index in [0.29, 0.717) is 19.7 Å². The molecule has 0 aliphatic carbocycles. The van der Waals surface area contributed by atoms with Crippen molar-refractivity contribution in [2.24, 2.45) is 0 Å². The van der Waals surface area contributed by atoms with E-state index in [1.54, 1.807) is 12.1 Å². The molecule has 0 atom stereocenters. The van der Waals surface area contributed by atoms with E-state index in [1.165, 1.54) is 12.1 Å². The van der Waals surface area contributed by atoms with Crippen LogP contribution in [-0.4, -0.2) is 31.3 Å². The number of anilines is 1. The molecule has 1 amide bonds. The van der Waals surface area contributed by atoms with Crippen LogP contribution in [0.1, 0.15) is 19.4 Å². The molecule has 118 valence electrons. The lowest BCUT2D eigenvalue weighted by molar-refractivity contribution is -0.167. The molecule has 0 radical (unpaired) electrons. The van der Waals surface area contributed by atoms with E-state index in [-0.39, 0.29) is 11.8 Å². The molecule has 2 N–H and O–H groups in total. The monoisotopic (exact) mass is 304 g/mol. The van der Waals surface area contributed by atoms with Crippen LogP contribution in [0.4, 0.5) is 18.9 Å². The third-order valence-electron chi connectivity index (χ3n) is 2.50. The van der Waals surface area contributed by atoms with Crippen LogP contribution >= 0.6 is 0 Å². The molecular weight excluding hydrogens is 285 g/mol. The van der Waals surface area contributed by atoms with Gasteiger partial charge in [-0.15, -0.1) is 0 Å². The Balaban J connectivity index is 2.44. The molecule has 1 rings (SSSR count). The molecule has 21 heavy (non-hydrogen) atoms. The van der Waals surface area contributed by atoms with Gasteiger partial charge in [0.2, 0.25) is 0 Å². The van der Waals surface area contributed by atoms with E-state index < -0.39 is 12.1 Å². The van der Waals surface area contributed by atoms with Gasteiger partial charge in [-0.2, -0.15) is 13.2 Å². The number of hydrogen-bond donors (Lipinski definition) is 2. The van der Waals surface area contributed by atoms with Crippen molar-refractivity contribution in [3.05, 3.63) is 29.8 Å².